The summed E-state index contributed by atoms with van der Waals surface area (Å²) >= 11 is 6.59. The van der Waals surface area contributed by atoms with Crippen LogP contribution in [0.5, 0.6) is 0 Å². The maximum Gasteiger partial charge on any atom is 0.178 e. The summed E-state index contributed by atoms with van der Waals surface area (Å²) in [5.74, 6) is 1.81. The second-order valence-corrected chi connectivity index (χ2v) is 5.80. The van der Waals surface area contributed by atoms with Crippen molar-refractivity contribution in [2.45, 2.75) is 11.3 Å². The highest BCUT2D eigenvalue weighted by atomic mass is 79.9. The summed E-state index contributed by atoms with van der Waals surface area (Å²) in [5, 5.41) is 0. The third-order valence-corrected chi connectivity index (χ3v) is 3.64. The summed E-state index contributed by atoms with van der Waals surface area (Å²) in [6, 6.07) is 6.21. The van der Waals surface area contributed by atoms with Crippen LogP contribution in [0, 0.1) is 0 Å². The van der Waals surface area contributed by atoms with E-state index in [9.17, 15) is 0 Å². The number of hydrogen-bond acceptors (Lipinski definition) is 3. The molecule has 0 heterocycles. The van der Waals surface area contributed by atoms with Crippen molar-refractivity contribution in [3.63, 3.8) is 0 Å². The van der Waals surface area contributed by atoms with Gasteiger partial charge in [0.15, 0.2) is 4.90 Å². The molecule has 0 unspecified atom stereocenters. The van der Waals surface area contributed by atoms with Gasteiger partial charge in [0.05, 0.1) is 0 Å². The van der Waals surface area contributed by atoms with E-state index in [2.05, 4.69) is 82.8 Å². The molecule has 2 rings (SSSR count). The molecule has 0 N–H and O–H groups in total. The minimum atomic E-state index is 0.866. The molecule has 0 saturated carbocycles. The number of nitrogens with zero attached hydrogens (tertiary/aromatic N) is 3. The zero-order chi connectivity index (χ0) is 16.7. The summed E-state index contributed by atoms with van der Waals surface area (Å²) < 4.78 is 0. The number of benzene rings is 1. The SMILES string of the molecule is CBr.CN(C)C1=CCC(=Nc2ccc(N(C)C)cc2[SH2+])C=C1. The number of alkyl halides is 1. The van der Waals surface area contributed by atoms with E-state index in [0.717, 1.165) is 28.4 Å². The molecule has 1 aliphatic rings. The highest BCUT2D eigenvalue weighted by molar-refractivity contribution is 9.08. The first-order valence-corrected chi connectivity index (χ1v) is 9.10. The molecule has 1 aromatic carbocycles. The van der Waals surface area contributed by atoms with Gasteiger partial charge in [-0.25, -0.2) is 4.99 Å². The molecule has 1 aliphatic carbocycles. The van der Waals surface area contributed by atoms with Gasteiger partial charge in [-0.3, -0.25) is 0 Å². The van der Waals surface area contributed by atoms with E-state index in [1.807, 2.05) is 26.0 Å². The molecule has 3 nitrogen and oxygen atoms in total. The zero-order valence-electron chi connectivity index (χ0n) is 13.9. The van der Waals surface area contributed by atoms with Crippen LogP contribution in [-0.2, 0) is 12.6 Å². The van der Waals surface area contributed by atoms with Crippen LogP contribution >= 0.6 is 15.9 Å². The topological polar surface area (TPSA) is 18.8 Å². The van der Waals surface area contributed by atoms with E-state index in [0.29, 0.717) is 0 Å². The first-order valence-electron chi connectivity index (χ1n) is 7.01. The predicted molar refractivity (Wildman–Crippen MR) is 107 cm³/mol. The van der Waals surface area contributed by atoms with Crippen molar-refractivity contribution < 1.29 is 0 Å². The molecule has 0 bridgehead atoms. The Morgan fingerprint density at radius 1 is 1.05 bits per heavy atom. The Bertz CT molecular complexity index is 590. The lowest BCUT2D eigenvalue weighted by molar-refractivity contribution is 0.527. The molecule has 22 heavy (non-hydrogen) atoms. The van der Waals surface area contributed by atoms with E-state index in [4.69, 9.17) is 4.99 Å². The van der Waals surface area contributed by atoms with Crippen molar-refractivity contribution in [3.8, 4) is 0 Å². The summed E-state index contributed by atoms with van der Waals surface area (Å²) in [5.41, 5.74) is 4.43. The van der Waals surface area contributed by atoms with Gasteiger partial charge in [0.2, 0.25) is 0 Å². The Hall–Kier alpha value is -1.20. The van der Waals surface area contributed by atoms with Gasteiger partial charge in [-0.1, -0.05) is 22.0 Å². The lowest BCUT2D eigenvalue weighted by Gasteiger charge is -2.17. The zero-order valence-corrected chi connectivity index (χ0v) is 16.5. The van der Waals surface area contributed by atoms with Crippen LogP contribution in [0.15, 0.2) is 52.0 Å². The molecule has 120 valence electrons. The molecule has 0 radical (unpaired) electrons. The molecule has 1 aromatic rings. The van der Waals surface area contributed by atoms with Crippen LogP contribution in [0.1, 0.15) is 6.42 Å². The van der Waals surface area contributed by atoms with E-state index >= 15 is 0 Å². The van der Waals surface area contributed by atoms with Crippen LogP contribution in [-0.4, -0.2) is 44.6 Å². The van der Waals surface area contributed by atoms with Gasteiger partial charge in [0, 0.05) is 57.8 Å². The van der Waals surface area contributed by atoms with Crippen molar-refractivity contribution in [3.05, 3.63) is 42.1 Å². The summed E-state index contributed by atoms with van der Waals surface area (Å²) in [6.07, 6.45) is 7.25. The van der Waals surface area contributed by atoms with Gasteiger partial charge < -0.3 is 9.80 Å². The molecular formula is C17H25BrN3S+. The molecule has 0 saturated heterocycles. The fourth-order valence-corrected chi connectivity index (χ4v) is 2.28. The number of aliphatic imine (C=N–C) groups is 1. The van der Waals surface area contributed by atoms with Crippen LogP contribution < -0.4 is 4.90 Å². The molecule has 0 spiro atoms. The summed E-state index contributed by atoms with van der Waals surface area (Å²) in [4.78, 5) is 9.91. The van der Waals surface area contributed by atoms with E-state index in [1.54, 1.807) is 0 Å². The molecule has 0 fully saturated rings. The fourth-order valence-electron chi connectivity index (χ4n) is 2.00. The maximum atomic E-state index is 4.71. The highest BCUT2D eigenvalue weighted by Gasteiger charge is 2.08. The lowest BCUT2D eigenvalue weighted by atomic mass is 10.1. The Morgan fingerprint density at radius 3 is 2.18 bits per heavy atom. The van der Waals surface area contributed by atoms with Crippen molar-refractivity contribution in [1.82, 2.24) is 4.90 Å². The smallest absolute Gasteiger partial charge is 0.178 e. The minimum Gasteiger partial charge on any atom is -0.378 e. The Balaban J connectivity index is 0.00000116. The predicted octanol–water partition coefficient (Wildman–Crippen LogP) is 3.61. The van der Waals surface area contributed by atoms with Gasteiger partial charge in [-0.2, -0.15) is 0 Å². The van der Waals surface area contributed by atoms with Crippen molar-refractivity contribution in [2.75, 3.05) is 38.9 Å². The quantitative estimate of drug-likeness (QED) is 0.587. The Kier molecular flexibility index (Phi) is 7.76. The van der Waals surface area contributed by atoms with Gasteiger partial charge in [-0.15, -0.1) is 0 Å². The van der Waals surface area contributed by atoms with Crippen molar-refractivity contribution >= 4 is 45.6 Å². The monoisotopic (exact) mass is 382 g/mol. The largest absolute Gasteiger partial charge is 0.378 e. The van der Waals surface area contributed by atoms with Crippen molar-refractivity contribution in [2.24, 2.45) is 4.99 Å². The van der Waals surface area contributed by atoms with E-state index in [1.165, 1.54) is 5.70 Å². The van der Waals surface area contributed by atoms with Crippen LogP contribution in [0.4, 0.5) is 11.4 Å². The third-order valence-electron chi connectivity index (χ3n) is 3.24. The second-order valence-electron chi connectivity index (χ2n) is 5.26. The molecule has 0 amide bonds. The van der Waals surface area contributed by atoms with Crippen LogP contribution in [0.2, 0.25) is 0 Å². The number of allylic oxidation sites excluding steroid dienone is 3. The third kappa shape index (κ3) is 5.21. The molecule has 0 aliphatic heterocycles. The van der Waals surface area contributed by atoms with Crippen LogP contribution in [0.25, 0.3) is 0 Å². The Labute approximate surface area is 148 Å². The standard InChI is InChI=1S/C16H21N3S.CH3Br/c1-18(2)13-7-5-12(6-8-13)17-15-10-9-14(19(3)4)11-16(15)20;1-2/h5,7-11,20H,6H2,1-4H3;1H3/p+1. The highest BCUT2D eigenvalue weighted by Crippen LogP contribution is 2.25. The summed E-state index contributed by atoms with van der Waals surface area (Å²) in [6.45, 7) is 0. The number of hydrogen-bond donors (Lipinski definition) is 0. The fraction of sp³-hybridized carbons (Fsp3) is 0.353. The lowest BCUT2D eigenvalue weighted by Crippen LogP contribution is -2.12. The average molecular weight is 383 g/mol. The van der Waals surface area contributed by atoms with Gasteiger partial charge in [0.25, 0.3) is 0 Å². The van der Waals surface area contributed by atoms with Gasteiger partial charge in [-0.05, 0) is 42.7 Å². The Morgan fingerprint density at radius 2 is 1.73 bits per heavy atom. The van der Waals surface area contributed by atoms with E-state index < -0.39 is 0 Å². The minimum absolute atomic E-state index is 0.866. The second kappa shape index (κ2) is 9.06. The number of likely N-dealkylation sites (N-methyl/N-ethyl adjacent to an activating group) is 1. The first-order chi connectivity index (χ1) is 10.5. The normalized spacial score (nSPS) is 15.0. The maximum absolute atomic E-state index is 4.71. The van der Waals surface area contributed by atoms with Gasteiger partial charge >= 0.3 is 0 Å². The summed E-state index contributed by atoms with van der Waals surface area (Å²) in [7, 11) is 8.16. The molecular weight excluding hydrogens is 358 g/mol. The first kappa shape index (κ1) is 18.8. The number of anilines is 1. The molecule has 0 aromatic heterocycles. The molecule has 0 atom stereocenters. The van der Waals surface area contributed by atoms with Crippen molar-refractivity contribution in [1.29, 1.82) is 0 Å². The number of rotatable bonds is 3. The molecule has 5 heteroatoms. The number of halogens is 1. The van der Waals surface area contributed by atoms with E-state index in [-0.39, 0.29) is 0 Å². The average Bonchev–Trinajstić information content (AvgIpc) is 2.51. The van der Waals surface area contributed by atoms with Crippen LogP contribution in [0.3, 0.4) is 0 Å². The van der Waals surface area contributed by atoms with Gasteiger partial charge in [0.1, 0.15) is 5.69 Å².